The summed E-state index contributed by atoms with van der Waals surface area (Å²) >= 11 is 0. The van der Waals surface area contributed by atoms with Gasteiger partial charge in [-0.1, -0.05) is 48.0 Å². The number of hydrogen-bond donors (Lipinski definition) is 1. The summed E-state index contributed by atoms with van der Waals surface area (Å²) in [4.78, 5) is 32.1. The molecule has 0 atom stereocenters. The number of hydrogen-bond acceptors (Lipinski definition) is 4. The Morgan fingerprint density at radius 1 is 0.972 bits per heavy atom. The average molecular weight is 483 g/mol. The zero-order chi connectivity index (χ0) is 25.5. The number of likely N-dealkylation sites (N-methyl/N-ethyl adjacent to an activating group) is 1. The highest BCUT2D eigenvalue weighted by Gasteiger charge is 2.19. The van der Waals surface area contributed by atoms with E-state index in [0.29, 0.717) is 18.2 Å². The molecule has 7 nitrogen and oxygen atoms in total. The number of ether oxygens (including phenoxy) is 1. The van der Waals surface area contributed by atoms with Gasteiger partial charge in [0.25, 0.3) is 0 Å². The van der Waals surface area contributed by atoms with E-state index < -0.39 is 0 Å². The third kappa shape index (κ3) is 5.99. The van der Waals surface area contributed by atoms with Gasteiger partial charge in [0.2, 0.25) is 17.8 Å². The van der Waals surface area contributed by atoms with E-state index in [1.54, 1.807) is 12.0 Å². The molecule has 1 N–H and O–H groups in total. The maximum Gasteiger partial charge on any atom is 0.246 e. The average Bonchev–Trinajstić information content (AvgIpc) is 3.31. The summed E-state index contributed by atoms with van der Waals surface area (Å²) < 4.78 is 7.10. The van der Waals surface area contributed by atoms with Crippen molar-refractivity contribution >= 4 is 17.8 Å². The number of aromatic nitrogens is 2. The molecule has 184 valence electrons. The largest absolute Gasteiger partial charge is 0.497 e. The molecule has 0 aliphatic heterocycles. The number of methoxy groups -OCH3 is 1. The van der Waals surface area contributed by atoms with E-state index in [2.05, 4.69) is 5.32 Å². The Labute approximate surface area is 211 Å². The number of aryl methyl sites for hydroxylation is 1. The van der Waals surface area contributed by atoms with Crippen LogP contribution in [-0.2, 0) is 16.0 Å². The lowest BCUT2D eigenvalue weighted by molar-refractivity contribution is -0.133. The molecule has 0 aliphatic rings. The van der Waals surface area contributed by atoms with Crippen molar-refractivity contribution < 1.29 is 14.3 Å². The predicted octanol–water partition coefficient (Wildman–Crippen LogP) is 4.89. The third-order valence-electron chi connectivity index (χ3n) is 5.92. The first kappa shape index (κ1) is 24.7. The van der Waals surface area contributed by atoms with Crippen LogP contribution >= 0.6 is 0 Å². The summed E-state index contributed by atoms with van der Waals surface area (Å²) in [5, 5.41) is 2.91. The van der Waals surface area contributed by atoms with Gasteiger partial charge in [0.1, 0.15) is 5.75 Å². The Balaban J connectivity index is 1.55. The normalized spacial score (nSPS) is 10.6. The Kier molecular flexibility index (Phi) is 7.80. The maximum absolute atomic E-state index is 13.0. The van der Waals surface area contributed by atoms with Gasteiger partial charge in [0.05, 0.1) is 25.8 Å². The zero-order valence-electron chi connectivity index (χ0n) is 20.8. The van der Waals surface area contributed by atoms with Gasteiger partial charge in [-0.15, -0.1) is 0 Å². The molecule has 4 rings (SSSR count). The molecule has 7 heteroatoms. The van der Waals surface area contributed by atoms with Gasteiger partial charge in [0.15, 0.2) is 0 Å². The molecule has 1 heterocycles. The van der Waals surface area contributed by atoms with Crippen LogP contribution in [0.5, 0.6) is 5.75 Å². The molecule has 0 unspecified atom stereocenters. The van der Waals surface area contributed by atoms with Crippen molar-refractivity contribution in [2.45, 2.75) is 20.3 Å². The molecule has 0 saturated carbocycles. The topological polar surface area (TPSA) is 76.5 Å². The van der Waals surface area contributed by atoms with Crippen LogP contribution in [-0.4, -0.2) is 46.5 Å². The summed E-state index contributed by atoms with van der Waals surface area (Å²) in [6.45, 7) is 4.27. The number of amides is 2. The Morgan fingerprint density at radius 2 is 1.67 bits per heavy atom. The highest BCUT2D eigenvalue weighted by molar-refractivity contribution is 5.94. The fourth-order valence-electron chi connectivity index (χ4n) is 3.87. The second kappa shape index (κ2) is 11.4. The Bertz CT molecular complexity index is 1310. The van der Waals surface area contributed by atoms with Crippen LogP contribution in [0.15, 0.2) is 85.1 Å². The molecule has 0 fully saturated rings. The number of nitrogens with one attached hydrogen (secondary N) is 1. The molecule has 0 bridgehead atoms. The highest BCUT2D eigenvalue weighted by Crippen LogP contribution is 2.26. The lowest BCUT2D eigenvalue weighted by Crippen LogP contribution is -2.39. The summed E-state index contributed by atoms with van der Waals surface area (Å²) in [6.07, 6.45) is 2.14. The Hall–Kier alpha value is -4.39. The zero-order valence-corrected chi connectivity index (χ0v) is 20.8. The lowest BCUT2D eigenvalue weighted by atomic mass is 10.1. The standard InChI is InChI=1S/C29H30N4O3/c1-4-32(28(35)18-22-8-6-5-7-9-22)20-27(34)31-29-30-26(23-12-16-25(36-3)17-13-23)19-33(29)24-14-10-21(2)11-15-24/h5-17,19H,4,18,20H2,1-3H3,(H,30,31,34). The van der Waals surface area contributed by atoms with Crippen LogP contribution < -0.4 is 10.1 Å². The van der Waals surface area contributed by atoms with Crippen LogP contribution in [0.1, 0.15) is 18.1 Å². The molecule has 4 aromatic rings. The minimum absolute atomic E-state index is 0.0548. The molecule has 2 amide bonds. The SMILES string of the molecule is CCN(CC(=O)Nc1nc(-c2ccc(OC)cc2)cn1-c1ccc(C)cc1)C(=O)Cc1ccccc1. The van der Waals surface area contributed by atoms with Crippen LogP contribution in [0, 0.1) is 6.92 Å². The number of benzene rings is 3. The first-order chi connectivity index (χ1) is 17.5. The van der Waals surface area contributed by atoms with Gasteiger partial charge in [-0.3, -0.25) is 19.5 Å². The van der Waals surface area contributed by atoms with E-state index in [1.807, 2.05) is 103 Å². The van der Waals surface area contributed by atoms with E-state index in [0.717, 1.165) is 28.1 Å². The van der Waals surface area contributed by atoms with Gasteiger partial charge in [-0.05, 0) is 55.8 Å². The van der Waals surface area contributed by atoms with Crippen molar-refractivity contribution in [2.24, 2.45) is 0 Å². The van der Waals surface area contributed by atoms with E-state index in [4.69, 9.17) is 9.72 Å². The first-order valence-corrected chi connectivity index (χ1v) is 11.9. The van der Waals surface area contributed by atoms with Crippen LogP contribution in [0.3, 0.4) is 0 Å². The number of imidazole rings is 1. The summed E-state index contributed by atoms with van der Waals surface area (Å²) in [7, 11) is 1.62. The molecular formula is C29H30N4O3. The van der Waals surface area contributed by atoms with Gasteiger partial charge in [-0.2, -0.15) is 0 Å². The van der Waals surface area contributed by atoms with Crippen molar-refractivity contribution in [1.82, 2.24) is 14.5 Å². The van der Waals surface area contributed by atoms with Crippen molar-refractivity contribution in [3.8, 4) is 22.7 Å². The number of carbonyl (C=O) groups is 2. The fraction of sp³-hybridized carbons (Fsp3) is 0.207. The van der Waals surface area contributed by atoms with Gasteiger partial charge < -0.3 is 9.64 Å². The molecule has 3 aromatic carbocycles. The molecule has 0 aliphatic carbocycles. The number of rotatable bonds is 9. The number of carbonyl (C=O) groups excluding carboxylic acids is 2. The van der Waals surface area contributed by atoms with Crippen molar-refractivity contribution in [2.75, 3.05) is 25.5 Å². The van der Waals surface area contributed by atoms with Crippen LogP contribution in [0.4, 0.5) is 5.95 Å². The fourth-order valence-corrected chi connectivity index (χ4v) is 3.87. The predicted molar refractivity (Wildman–Crippen MR) is 141 cm³/mol. The van der Waals surface area contributed by atoms with Crippen LogP contribution in [0.2, 0.25) is 0 Å². The lowest BCUT2D eigenvalue weighted by Gasteiger charge is -2.20. The number of nitrogens with zero attached hydrogens (tertiary/aromatic N) is 3. The molecular weight excluding hydrogens is 452 g/mol. The molecule has 0 saturated heterocycles. The van der Waals surface area contributed by atoms with Crippen molar-refractivity contribution in [3.05, 3.63) is 96.2 Å². The monoisotopic (exact) mass is 482 g/mol. The second-order valence-corrected chi connectivity index (χ2v) is 8.50. The molecule has 36 heavy (non-hydrogen) atoms. The number of anilines is 1. The Morgan fingerprint density at radius 3 is 2.31 bits per heavy atom. The smallest absolute Gasteiger partial charge is 0.246 e. The maximum atomic E-state index is 13.0. The van der Waals surface area contributed by atoms with Crippen molar-refractivity contribution in [3.63, 3.8) is 0 Å². The van der Waals surface area contributed by atoms with Gasteiger partial charge in [-0.25, -0.2) is 4.98 Å². The molecule has 0 radical (unpaired) electrons. The van der Waals surface area contributed by atoms with E-state index in [9.17, 15) is 9.59 Å². The molecule has 0 spiro atoms. The first-order valence-electron chi connectivity index (χ1n) is 11.9. The van der Waals surface area contributed by atoms with Crippen molar-refractivity contribution in [1.29, 1.82) is 0 Å². The van der Waals surface area contributed by atoms with E-state index in [-0.39, 0.29) is 24.8 Å². The van der Waals surface area contributed by atoms with E-state index in [1.165, 1.54) is 0 Å². The van der Waals surface area contributed by atoms with E-state index >= 15 is 0 Å². The highest BCUT2D eigenvalue weighted by atomic mass is 16.5. The second-order valence-electron chi connectivity index (χ2n) is 8.50. The molecule has 1 aromatic heterocycles. The summed E-state index contributed by atoms with van der Waals surface area (Å²) in [6, 6.07) is 25.1. The minimum Gasteiger partial charge on any atom is -0.497 e. The van der Waals surface area contributed by atoms with Gasteiger partial charge in [0, 0.05) is 24.0 Å². The third-order valence-corrected chi connectivity index (χ3v) is 5.92. The minimum atomic E-state index is -0.307. The van der Waals surface area contributed by atoms with Gasteiger partial charge >= 0.3 is 0 Å². The quantitative estimate of drug-likeness (QED) is 0.369. The van der Waals surface area contributed by atoms with Crippen LogP contribution in [0.25, 0.3) is 16.9 Å². The summed E-state index contributed by atoms with van der Waals surface area (Å²) in [5.41, 5.74) is 4.53. The summed E-state index contributed by atoms with van der Waals surface area (Å²) in [5.74, 6) is 0.740.